The van der Waals surface area contributed by atoms with Crippen molar-refractivity contribution >= 4 is 5.71 Å². The molecule has 3 aromatic carbocycles. The van der Waals surface area contributed by atoms with Crippen LogP contribution in [0.1, 0.15) is 69.7 Å². The average molecular weight is 454 g/mol. The molecule has 3 nitrogen and oxygen atoms in total. The molecule has 0 bridgehead atoms. The normalized spacial score (nSPS) is 17.4. The van der Waals surface area contributed by atoms with E-state index in [-0.39, 0.29) is 11.1 Å². The van der Waals surface area contributed by atoms with Crippen LogP contribution in [0.5, 0.6) is 11.5 Å². The summed E-state index contributed by atoms with van der Waals surface area (Å²) in [5.41, 5.74) is 8.00. The summed E-state index contributed by atoms with van der Waals surface area (Å²) in [7, 11) is 0. The lowest BCUT2D eigenvalue weighted by molar-refractivity contribution is 0.132. The lowest BCUT2D eigenvalue weighted by Crippen LogP contribution is -2.30. The Balaban J connectivity index is 1.66. The number of ether oxygens (including phenoxy) is 2. The second kappa shape index (κ2) is 8.61. The maximum absolute atomic E-state index is 6.47. The van der Waals surface area contributed by atoms with Gasteiger partial charge in [-0.2, -0.15) is 0 Å². The number of benzene rings is 3. The van der Waals surface area contributed by atoms with Crippen LogP contribution in [0.15, 0.2) is 65.7 Å². The second-order valence-electron chi connectivity index (χ2n) is 10.9. The first kappa shape index (κ1) is 22.7. The molecule has 5 rings (SSSR count). The minimum Gasteiger partial charge on any atom is -0.490 e. The van der Waals surface area contributed by atoms with Gasteiger partial charge in [0.2, 0.25) is 0 Å². The van der Waals surface area contributed by atoms with Crippen LogP contribution >= 0.6 is 0 Å². The predicted octanol–water partition coefficient (Wildman–Crippen LogP) is 7.42. The van der Waals surface area contributed by atoms with E-state index in [4.69, 9.17) is 14.5 Å². The van der Waals surface area contributed by atoms with Crippen molar-refractivity contribution in [3.63, 3.8) is 0 Å². The minimum atomic E-state index is -0.260. The summed E-state index contributed by atoms with van der Waals surface area (Å²) in [5.74, 6) is 1.80. The number of aliphatic imine (C=N–C) groups is 1. The lowest BCUT2D eigenvalue weighted by Gasteiger charge is -2.31. The van der Waals surface area contributed by atoms with E-state index >= 15 is 0 Å². The molecule has 0 saturated heterocycles. The van der Waals surface area contributed by atoms with Crippen LogP contribution in [-0.2, 0) is 12.8 Å². The monoisotopic (exact) mass is 453 g/mol. The van der Waals surface area contributed by atoms with Gasteiger partial charge in [0, 0.05) is 23.1 Å². The zero-order valence-corrected chi connectivity index (χ0v) is 21.1. The molecule has 0 aromatic heterocycles. The van der Waals surface area contributed by atoms with Crippen molar-refractivity contribution in [2.45, 2.75) is 71.4 Å². The largest absolute Gasteiger partial charge is 0.490 e. The molecule has 0 saturated carbocycles. The SMILES string of the molecule is CCCCOc1cc2c(c3c1OC(C)(C)C3)C(c1cccc(-c3ccccc3)c1)=NC(C)(C)C2. The first-order chi connectivity index (χ1) is 16.3. The highest BCUT2D eigenvalue weighted by Gasteiger charge is 2.39. The summed E-state index contributed by atoms with van der Waals surface area (Å²) >= 11 is 0. The van der Waals surface area contributed by atoms with Gasteiger partial charge in [-0.3, -0.25) is 4.99 Å². The molecule has 0 spiro atoms. The lowest BCUT2D eigenvalue weighted by atomic mass is 9.80. The van der Waals surface area contributed by atoms with Gasteiger partial charge < -0.3 is 9.47 Å². The first-order valence-corrected chi connectivity index (χ1v) is 12.5. The molecule has 2 aliphatic heterocycles. The predicted molar refractivity (Wildman–Crippen MR) is 141 cm³/mol. The molecule has 3 aromatic rings. The Kier molecular flexibility index (Phi) is 5.75. The minimum absolute atomic E-state index is 0.186. The Bertz CT molecular complexity index is 1240. The van der Waals surface area contributed by atoms with E-state index < -0.39 is 0 Å². The van der Waals surface area contributed by atoms with Gasteiger partial charge in [-0.05, 0) is 69.4 Å². The smallest absolute Gasteiger partial charge is 0.166 e. The van der Waals surface area contributed by atoms with Crippen molar-refractivity contribution in [3.8, 4) is 22.6 Å². The van der Waals surface area contributed by atoms with E-state index in [1.54, 1.807) is 0 Å². The fourth-order valence-corrected chi connectivity index (χ4v) is 5.19. The highest BCUT2D eigenvalue weighted by Crippen LogP contribution is 2.48. The van der Waals surface area contributed by atoms with Gasteiger partial charge in [0.1, 0.15) is 5.60 Å². The molecule has 0 atom stereocenters. The molecule has 0 unspecified atom stereocenters. The Labute approximate surface area is 203 Å². The van der Waals surface area contributed by atoms with Crippen LogP contribution < -0.4 is 9.47 Å². The van der Waals surface area contributed by atoms with Gasteiger partial charge in [-0.25, -0.2) is 0 Å². The van der Waals surface area contributed by atoms with Gasteiger partial charge in [0.25, 0.3) is 0 Å². The van der Waals surface area contributed by atoms with E-state index in [9.17, 15) is 0 Å². The van der Waals surface area contributed by atoms with E-state index in [0.29, 0.717) is 0 Å². The molecule has 176 valence electrons. The van der Waals surface area contributed by atoms with E-state index in [2.05, 4.69) is 95.3 Å². The third-order valence-electron chi connectivity index (χ3n) is 6.68. The zero-order valence-electron chi connectivity index (χ0n) is 21.1. The van der Waals surface area contributed by atoms with Gasteiger partial charge in [-0.1, -0.05) is 61.9 Å². The first-order valence-electron chi connectivity index (χ1n) is 12.5. The van der Waals surface area contributed by atoms with Crippen molar-refractivity contribution in [1.29, 1.82) is 0 Å². The number of nitrogens with zero attached hydrogens (tertiary/aromatic N) is 1. The summed E-state index contributed by atoms with van der Waals surface area (Å²) in [6.07, 6.45) is 3.90. The Morgan fingerprint density at radius 3 is 2.38 bits per heavy atom. The molecule has 0 aliphatic carbocycles. The maximum Gasteiger partial charge on any atom is 0.166 e. The van der Waals surface area contributed by atoms with Crippen LogP contribution in [0.4, 0.5) is 0 Å². The standard InChI is InChI=1S/C31H35NO2/c1-6-7-16-33-26-18-24-19-30(2,3)32-28(27(24)25-20-31(4,5)34-29(25)26)23-15-11-14-22(17-23)21-12-9-8-10-13-21/h8-15,17-18H,6-7,16,19-20H2,1-5H3. The number of rotatable bonds is 6. The molecule has 34 heavy (non-hydrogen) atoms. The van der Waals surface area contributed by atoms with Crippen LogP contribution in [0.2, 0.25) is 0 Å². The summed E-state index contributed by atoms with van der Waals surface area (Å²) in [6.45, 7) is 11.7. The number of hydrogen-bond acceptors (Lipinski definition) is 3. The van der Waals surface area contributed by atoms with Crippen molar-refractivity contribution in [2.24, 2.45) is 4.99 Å². The zero-order chi connectivity index (χ0) is 23.9. The van der Waals surface area contributed by atoms with Crippen molar-refractivity contribution in [1.82, 2.24) is 0 Å². The second-order valence-corrected chi connectivity index (χ2v) is 10.9. The Morgan fingerprint density at radius 2 is 1.62 bits per heavy atom. The number of unbranched alkanes of at least 4 members (excludes halogenated alkanes) is 1. The van der Waals surface area contributed by atoms with Gasteiger partial charge in [-0.15, -0.1) is 0 Å². The summed E-state index contributed by atoms with van der Waals surface area (Å²) in [6, 6.07) is 21.6. The van der Waals surface area contributed by atoms with Crippen molar-refractivity contribution < 1.29 is 9.47 Å². The molecule has 0 radical (unpaired) electrons. The molecule has 0 N–H and O–H groups in total. The molecule has 2 heterocycles. The Hall–Kier alpha value is -3.07. The van der Waals surface area contributed by atoms with Gasteiger partial charge in [0.05, 0.1) is 17.9 Å². The quantitative estimate of drug-likeness (QED) is 0.364. The number of fused-ring (bicyclic) bond motifs is 3. The third-order valence-corrected chi connectivity index (χ3v) is 6.68. The topological polar surface area (TPSA) is 30.8 Å². The molecular weight excluding hydrogens is 418 g/mol. The van der Waals surface area contributed by atoms with Crippen molar-refractivity contribution in [2.75, 3.05) is 6.61 Å². The van der Waals surface area contributed by atoms with Gasteiger partial charge in [0.15, 0.2) is 11.5 Å². The highest BCUT2D eigenvalue weighted by molar-refractivity contribution is 6.16. The summed E-state index contributed by atoms with van der Waals surface area (Å²) in [5, 5.41) is 0. The molecule has 0 amide bonds. The van der Waals surface area contributed by atoms with Crippen LogP contribution in [0, 0.1) is 0 Å². The molecule has 3 heteroatoms. The molecule has 2 aliphatic rings. The van der Waals surface area contributed by atoms with Crippen molar-refractivity contribution in [3.05, 3.63) is 82.9 Å². The van der Waals surface area contributed by atoms with Crippen LogP contribution in [-0.4, -0.2) is 23.5 Å². The molecule has 0 fully saturated rings. The summed E-state index contributed by atoms with van der Waals surface area (Å²) in [4.78, 5) is 5.31. The fourth-order valence-electron chi connectivity index (χ4n) is 5.19. The highest BCUT2D eigenvalue weighted by atomic mass is 16.5. The fraction of sp³-hybridized carbons (Fsp3) is 0.387. The maximum atomic E-state index is 6.47. The van der Waals surface area contributed by atoms with E-state index in [0.717, 1.165) is 55.1 Å². The summed E-state index contributed by atoms with van der Waals surface area (Å²) < 4.78 is 12.7. The van der Waals surface area contributed by atoms with E-state index in [1.807, 2.05) is 0 Å². The molecular formula is C31H35NO2. The number of hydrogen-bond donors (Lipinski definition) is 0. The van der Waals surface area contributed by atoms with E-state index in [1.165, 1.54) is 27.8 Å². The van der Waals surface area contributed by atoms with Gasteiger partial charge >= 0.3 is 0 Å². The van der Waals surface area contributed by atoms with Crippen LogP contribution in [0.25, 0.3) is 11.1 Å². The van der Waals surface area contributed by atoms with Crippen LogP contribution in [0.3, 0.4) is 0 Å². The Morgan fingerprint density at radius 1 is 0.882 bits per heavy atom. The average Bonchev–Trinajstić information content (AvgIpc) is 3.14. The third kappa shape index (κ3) is 4.36.